The average molecular weight is 1130 g/mol. The first-order valence-corrected chi connectivity index (χ1v) is 23.2. The minimum atomic E-state index is -5.21. The second-order valence-electron chi connectivity index (χ2n) is 18.1. The highest BCUT2D eigenvalue weighted by molar-refractivity contribution is 6.15. The highest BCUT2D eigenvalue weighted by atomic mass is 19.4. The van der Waals surface area contributed by atoms with Crippen molar-refractivity contribution in [3.63, 3.8) is 0 Å². The number of hydrogen-bond acceptors (Lipinski definition) is 0. The molecule has 0 radical (unpaired) electrons. The maximum absolute atomic E-state index is 14.9. The third kappa shape index (κ3) is 11.4. The molecule has 80 heavy (non-hydrogen) atoms. The lowest BCUT2D eigenvalue weighted by Gasteiger charge is -2.29. The van der Waals surface area contributed by atoms with E-state index in [4.69, 9.17) is 0 Å². The number of alkyl halides is 18. The van der Waals surface area contributed by atoms with Crippen LogP contribution >= 0.6 is 0 Å². The smallest absolute Gasteiger partial charge is 0.206 e. The molecule has 0 N–H and O–H groups in total. The minimum absolute atomic E-state index is 0.0862. The fourth-order valence-electron chi connectivity index (χ4n) is 9.39. The van der Waals surface area contributed by atoms with E-state index in [2.05, 4.69) is 0 Å². The maximum Gasteiger partial charge on any atom is 0.419 e. The molecule has 0 atom stereocenters. The van der Waals surface area contributed by atoms with Gasteiger partial charge in [0.1, 0.15) is 11.6 Å². The molecule has 0 aliphatic carbocycles. The lowest BCUT2D eigenvalue weighted by atomic mass is 9.73. The first kappa shape index (κ1) is 56.3. The van der Waals surface area contributed by atoms with Crippen molar-refractivity contribution in [1.82, 2.24) is 0 Å². The summed E-state index contributed by atoms with van der Waals surface area (Å²) in [7, 11) is 0. The van der Waals surface area contributed by atoms with Crippen LogP contribution in [0.15, 0.2) is 182 Å². The van der Waals surface area contributed by atoms with Gasteiger partial charge in [-0.3, -0.25) is 0 Å². The van der Waals surface area contributed by atoms with Crippen molar-refractivity contribution >= 4 is 0 Å². The molecule has 0 amide bonds. The molecular formula is C60H30F20. The zero-order valence-electron chi connectivity index (χ0n) is 39.9. The molecule has 410 valence electrons. The fraction of sp³-hybridized carbons (Fsp3) is 0.100. The first-order valence-electron chi connectivity index (χ1n) is 23.2. The Hall–Kier alpha value is -8.42. The molecule has 9 rings (SSSR count). The highest BCUT2D eigenvalue weighted by Crippen LogP contribution is 2.58. The van der Waals surface area contributed by atoms with Gasteiger partial charge in [-0.15, -0.1) is 0 Å². The summed E-state index contributed by atoms with van der Waals surface area (Å²) in [6.45, 7) is 0. The van der Waals surface area contributed by atoms with Gasteiger partial charge in [0.25, 0.3) is 0 Å². The van der Waals surface area contributed by atoms with Gasteiger partial charge >= 0.3 is 37.1 Å². The van der Waals surface area contributed by atoms with Gasteiger partial charge in [-0.1, -0.05) is 109 Å². The van der Waals surface area contributed by atoms with E-state index in [0.717, 1.165) is 109 Å². The van der Waals surface area contributed by atoms with Gasteiger partial charge in [-0.2, -0.15) is 79.0 Å². The van der Waals surface area contributed by atoms with Crippen LogP contribution in [0.2, 0.25) is 0 Å². The summed E-state index contributed by atoms with van der Waals surface area (Å²) in [5.41, 5.74) is -15.0. The van der Waals surface area contributed by atoms with Crippen LogP contribution in [-0.4, -0.2) is 0 Å². The zero-order chi connectivity index (χ0) is 58.1. The van der Waals surface area contributed by atoms with Crippen molar-refractivity contribution in [2.75, 3.05) is 0 Å². The summed E-state index contributed by atoms with van der Waals surface area (Å²) in [6, 6.07) is 25.4. The number of hydrogen-bond donors (Lipinski definition) is 0. The normalized spacial score (nSPS) is 12.8. The van der Waals surface area contributed by atoms with E-state index in [9.17, 15) is 87.8 Å². The van der Waals surface area contributed by atoms with Gasteiger partial charge in [0.05, 0.1) is 33.4 Å². The first-order chi connectivity index (χ1) is 37.3. The molecule has 0 spiro atoms. The van der Waals surface area contributed by atoms with Crippen molar-refractivity contribution in [1.29, 1.82) is 0 Å². The quantitative estimate of drug-likeness (QED) is 0.133. The van der Waals surface area contributed by atoms with Crippen molar-refractivity contribution in [2.45, 2.75) is 37.1 Å². The van der Waals surface area contributed by atoms with Gasteiger partial charge in [0.2, 0.25) is 0 Å². The Morgan fingerprint density at radius 3 is 0.625 bits per heavy atom. The van der Waals surface area contributed by atoms with E-state index in [1.165, 1.54) is 0 Å². The molecule has 0 aromatic heterocycles. The van der Waals surface area contributed by atoms with Gasteiger partial charge in [0.15, 0.2) is 0 Å². The number of rotatable bonds is 8. The summed E-state index contributed by atoms with van der Waals surface area (Å²) in [5.74, 6) is -3.31. The molecule has 0 saturated carbocycles. The fourth-order valence-corrected chi connectivity index (χ4v) is 9.39. The van der Waals surface area contributed by atoms with E-state index in [1.807, 2.05) is 0 Å². The Morgan fingerprint density at radius 2 is 0.400 bits per heavy atom. The summed E-state index contributed by atoms with van der Waals surface area (Å²) in [6.07, 6.45) is -31.1. The minimum Gasteiger partial charge on any atom is -0.206 e. The van der Waals surface area contributed by atoms with Crippen LogP contribution in [0.5, 0.6) is 0 Å². The van der Waals surface area contributed by atoms with Crippen LogP contribution in [0.3, 0.4) is 0 Å². The Labute approximate surface area is 439 Å². The molecule has 0 aliphatic rings. The van der Waals surface area contributed by atoms with Crippen molar-refractivity contribution in [3.05, 3.63) is 227 Å². The predicted octanol–water partition coefficient (Wildman–Crippen LogP) is 21.4. The number of halogens is 20. The van der Waals surface area contributed by atoms with Crippen LogP contribution in [0, 0.1) is 11.6 Å². The molecule has 0 nitrogen and oxygen atoms in total. The molecule has 0 fully saturated rings. The molecular weight excluding hydrogens is 1100 g/mol. The highest BCUT2D eigenvalue weighted by Gasteiger charge is 2.39. The third-order valence-electron chi connectivity index (χ3n) is 13.0. The van der Waals surface area contributed by atoms with E-state index in [-0.39, 0.29) is 33.4 Å². The van der Waals surface area contributed by atoms with Crippen LogP contribution in [0.25, 0.3) is 89.0 Å². The van der Waals surface area contributed by atoms with Crippen LogP contribution in [-0.2, 0) is 37.1 Å². The Morgan fingerprint density at radius 1 is 0.188 bits per heavy atom. The van der Waals surface area contributed by atoms with Gasteiger partial charge in [-0.05, 0) is 162 Å². The lowest BCUT2D eigenvalue weighted by molar-refractivity contribution is -0.140. The van der Waals surface area contributed by atoms with E-state index >= 15 is 0 Å². The molecule has 0 saturated heterocycles. The predicted molar refractivity (Wildman–Crippen MR) is 260 cm³/mol. The van der Waals surface area contributed by atoms with Crippen LogP contribution in [0.1, 0.15) is 33.4 Å². The third-order valence-corrected chi connectivity index (χ3v) is 13.0. The number of benzene rings is 9. The second kappa shape index (κ2) is 20.4. The SMILES string of the molecule is Fc1ccc(-c2ccc(-c3c(-c4cccc(C(F)(F)F)c4)c(-c4cccc(C(F)(F)F)c4)c(-c4ccc(-c5ccc(F)c(C(F)(F)F)c5)cc4)c(-c4cccc(C(F)(F)F)c4)c3-c3cccc(C(F)(F)F)c3)cc2)cc1C(F)(F)F. The molecule has 9 aromatic carbocycles. The lowest BCUT2D eigenvalue weighted by Crippen LogP contribution is -2.08. The Balaban J connectivity index is 1.54. The maximum atomic E-state index is 14.9. The summed E-state index contributed by atoms with van der Waals surface area (Å²) in [5, 5.41) is 0. The summed E-state index contributed by atoms with van der Waals surface area (Å²) in [4.78, 5) is 0. The molecule has 0 heterocycles. The molecule has 9 aromatic rings. The topological polar surface area (TPSA) is 0 Å². The van der Waals surface area contributed by atoms with Crippen molar-refractivity contribution in [3.8, 4) is 89.0 Å². The van der Waals surface area contributed by atoms with Crippen LogP contribution in [0.4, 0.5) is 87.8 Å². The Kier molecular flexibility index (Phi) is 14.3. The van der Waals surface area contributed by atoms with Gasteiger partial charge < -0.3 is 0 Å². The van der Waals surface area contributed by atoms with E-state index < -0.39 is 138 Å². The van der Waals surface area contributed by atoms with E-state index in [1.54, 1.807) is 0 Å². The zero-order valence-corrected chi connectivity index (χ0v) is 39.9. The Bertz CT molecular complexity index is 3410. The molecule has 0 bridgehead atoms. The van der Waals surface area contributed by atoms with Gasteiger partial charge in [-0.25, -0.2) is 8.78 Å². The summed E-state index contributed by atoms with van der Waals surface area (Å²) >= 11 is 0. The monoisotopic (exact) mass is 1130 g/mol. The largest absolute Gasteiger partial charge is 0.419 e. The summed E-state index contributed by atoms with van der Waals surface area (Å²) < 4.78 is 291. The van der Waals surface area contributed by atoms with Crippen molar-refractivity contribution < 1.29 is 87.8 Å². The molecule has 20 heteroatoms. The standard InChI is InChI=1S/C60H30F20/c61-47-23-21-35(29-45(47)59(75,76)77)31-13-17-33(18-14-31)49-51(37-5-1-9-41(25-37)55(63,64)65)52(38-6-2-10-42(26-38)56(66,67)68)50(34-19-15-32(16-20-34)36-22-24-48(62)46(30-36)60(78,79)80)54(40-8-4-12-44(28-40)58(72,73)74)53(49)39-7-3-11-43(27-39)57(69,70)71/h1-30H. The molecule has 0 unspecified atom stereocenters. The van der Waals surface area contributed by atoms with E-state index in [0.29, 0.717) is 72.8 Å². The molecule has 0 aliphatic heterocycles. The van der Waals surface area contributed by atoms with Crippen molar-refractivity contribution in [2.24, 2.45) is 0 Å². The average Bonchev–Trinajstić information content (AvgIpc) is 3.49. The van der Waals surface area contributed by atoms with Gasteiger partial charge in [0, 0.05) is 0 Å². The second-order valence-corrected chi connectivity index (χ2v) is 18.1. The van der Waals surface area contributed by atoms with Crippen LogP contribution < -0.4 is 0 Å².